The van der Waals surface area contributed by atoms with E-state index in [1.165, 1.54) is 12.8 Å². The Labute approximate surface area is 146 Å². The Morgan fingerprint density at radius 1 is 1.32 bits per heavy atom. The van der Waals surface area contributed by atoms with Gasteiger partial charge in [-0.1, -0.05) is 18.2 Å². The van der Waals surface area contributed by atoms with Gasteiger partial charge >= 0.3 is 0 Å². The summed E-state index contributed by atoms with van der Waals surface area (Å²) in [5, 5.41) is 0. The highest BCUT2D eigenvalue weighted by Gasteiger charge is 2.34. The lowest BCUT2D eigenvalue weighted by Crippen LogP contribution is -2.26. The van der Waals surface area contributed by atoms with Gasteiger partial charge in [-0.05, 0) is 48.9 Å². The van der Waals surface area contributed by atoms with Crippen molar-refractivity contribution in [3.8, 4) is 11.3 Å². The minimum atomic E-state index is -0.350. The molecule has 1 aromatic carbocycles. The molecule has 128 valence electrons. The number of carbonyl (C=O) groups is 2. The van der Waals surface area contributed by atoms with Gasteiger partial charge in [0.15, 0.2) is 0 Å². The van der Waals surface area contributed by atoms with Crippen molar-refractivity contribution in [3.05, 3.63) is 52.7 Å². The zero-order chi connectivity index (χ0) is 17.6. The Hall–Kier alpha value is -2.69. The lowest BCUT2D eigenvalue weighted by molar-refractivity contribution is -0.117. The molecule has 0 spiro atoms. The Kier molecular flexibility index (Phi) is 3.79. The van der Waals surface area contributed by atoms with Gasteiger partial charge in [0.25, 0.3) is 5.91 Å². The van der Waals surface area contributed by atoms with Crippen LogP contribution >= 0.6 is 0 Å². The predicted octanol–water partition coefficient (Wildman–Crippen LogP) is 2.45. The summed E-state index contributed by atoms with van der Waals surface area (Å²) in [4.78, 5) is 30.4. The Morgan fingerprint density at radius 2 is 2.12 bits per heavy atom. The number of benzene rings is 1. The molecule has 1 saturated carbocycles. The number of nitrogens with two attached hydrogens (primary N) is 1. The topological polar surface area (TPSA) is 76.3 Å². The van der Waals surface area contributed by atoms with E-state index >= 15 is 0 Å². The second-order valence-electron chi connectivity index (χ2n) is 7.10. The minimum Gasteiger partial charge on any atom is -0.369 e. The van der Waals surface area contributed by atoms with E-state index < -0.39 is 0 Å². The van der Waals surface area contributed by atoms with Crippen molar-refractivity contribution >= 4 is 11.8 Å². The third-order valence-electron chi connectivity index (χ3n) is 4.92. The quantitative estimate of drug-likeness (QED) is 0.912. The molecule has 2 aromatic rings. The standard InChI is InChI=1S/C20H21N3O2/c1-12-19-16(11-23(20(19)25)10-13-5-6-13)9-17(22-12)15-4-2-3-14(7-15)8-18(21)24/h2-4,7,9,13H,5-6,8,10-11H2,1H3,(H2,21,24). The molecular weight excluding hydrogens is 314 g/mol. The minimum absolute atomic E-state index is 0.112. The molecule has 5 heteroatoms. The third-order valence-corrected chi connectivity index (χ3v) is 4.92. The van der Waals surface area contributed by atoms with Gasteiger partial charge < -0.3 is 10.6 Å². The van der Waals surface area contributed by atoms with E-state index in [-0.39, 0.29) is 18.2 Å². The van der Waals surface area contributed by atoms with E-state index in [0.29, 0.717) is 12.5 Å². The van der Waals surface area contributed by atoms with Crippen LogP contribution in [0.4, 0.5) is 0 Å². The molecule has 1 aliphatic heterocycles. The normalized spacial score (nSPS) is 16.2. The number of primary amides is 1. The van der Waals surface area contributed by atoms with E-state index in [4.69, 9.17) is 5.73 Å². The summed E-state index contributed by atoms with van der Waals surface area (Å²) in [7, 11) is 0. The third kappa shape index (κ3) is 3.14. The lowest BCUT2D eigenvalue weighted by atomic mass is 10.0. The summed E-state index contributed by atoms with van der Waals surface area (Å²) >= 11 is 0. The molecule has 1 fully saturated rings. The second-order valence-corrected chi connectivity index (χ2v) is 7.10. The number of hydrogen-bond donors (Lipinski definition) is 1. The van der Waals surface area contributed by atoms with Crippen molar-refractivity contribution in [2.24, 2.45) is 11.7 Å². The molecule has 25 heavy (non-hydrogen) atoms. The zero-order valence-electron chi connectivity index (χ0n) is 14.3. The summed E-state index contributed by atoms with van der Waals surface area (Å²) in [5.41, 5.74) is 10.5. The van der Waals surface area contributed by atoms with Gasteiger partial charge in [-0.25, -0.2) is 0 Å². The molecule has 2 heterocycles. The first kappa shape index (κ1) is 15.8. The molecule has 0 unspecified atom stereocenters. The molecule has 2 N–H and O–H groups in total. The van der Waals surface area contributed by atoms with Crippen LogP contribution in [0.1, 0.15) is 40.0 Å². The van der Waals surface area contributed by atoms with Gasteiger partial charge in [-0.3, -0.25) is 14.6 Å². The largest absolute Gasteiger partial charge is 0.369 e. The average molecular weight is 335 g/mol. The molecule has 5 nitrogen and oxygen atoms in total. The van der Waals surface area contributed by atoms with Gasteiger partial charge in [-0.2, -0.15) is 0 Å². The highest BCUT2D eigenvalue weighted by atomic mass is 16.2. The molecule has 1 aliphatic carbocycles. The number of carbonyl (C=O) groups excluding carboxylic acids is 2. The maximum atomic E-state index is 12.6. The van der Waals surface area contributed by atoms with Crippen molar-refractivity contribution in [1.82, 2.24) is 9.88 Å². The molecule has 2 aliphatic rings. The van der Waals surface area contributed by atoms with Crippen molar-refractivity contribution in [2.75, 3.05) is 6.54 Å². The molecule has 1 aromatic heterocycles. The summed E-state index contributed by atoms with van der Waals surface area (Å²) in [5.74, 6) is 0.439. The summed E-state index contributed by atoms with van der Waals surface area (Å²) in [6.07, 6.45) is 2.68. The van der Waals surface area contributed by atoms with Gasteiger partial charge in [0.05, 0.1) is 23.4 Å². The SMILES string of the molecule is Cc1nc(-c2cccc(CC(N)=O)c2)cc2c1C(=O)N(CC1CC1)C2. The molecule has 0 bridgehead atoms. The van der Waals surface area contributed by atoms with Gasteiger partial charge in [-0.15, -0.1) is 0 Å². The zero-order valence-corrected chi connectivity index (χ0v) is 14.3. The fourth-order valence-electron chi connectivity index (χ4n) is 3.54. The number of rotatable bonds is 5. The van der Waals surface area contributed by atoms with Crippen LogP contribution in [-0.2, 0) is 17.8 Å². The highest BCUT2D eigenvalue weighted by molar-refractivity contribution is 5.99. The summed E-state index contributed by atoms with van der Waals surface area (Å²) in [6, 6.07) is 9.71. The number of fused-ring (bicyclic) bond motifs is 1. The lowest BCUT2D eigenvalue weighted by Gasteiger charge is -2.14. The fraction of sp³-hybridized carbons (Fsp3) is 0.350. The predicted molar refractivity (Wildman–Crippen MR) is 94.8 cm³/mol. The van der Waals surface area contributed by atoms with E-state index in [2.05, 4.69) is 4.98 Å². The summed E-state index contributed by atoms with van der Waals surface area (Å²) in [6.45, 7) is 3.42. The van der Waals surface area contributed by atoms with E-state index in [9.17, 15) is 9.59 Å². The van der Waals surface area contributed by atoms with Crippen LogP contribution in [0.5, 0.6) is 0 Å². The number of hydrogen-bond acceptors (Lipinski definition) is 3. The molecular formula is C20H21N3O2. The number of aryl methyl sites for hydroxylation is 1. The van der Waals surface area contributed by atoms with Crippen LogP contribution < -0.4 is 5.73 Å². The van der Waals surface area contributed by atoms with Crippen molar-refractivity contribution in [3.63, 3.8) is 0 Å². The van der Waals surface area contributed by atoms with Crippen molar-refractivity contribution in [1.29, 1.82) is 0 Å². The Balaban J connectivity index is 1.66. The number of nitrogens with zero attached hydrogens (tertiary/aromatic N) is 2. The first-order chi connectivity index (χ1) is 12.0. The molecule has 4 rings (SSSR count). The van der Waals surface area contributed by atoms with Crippen molar-refractivity contribution < 1.29 is 9.59 Å². The van der Waals surface area contributed by atoms with Crippen LogP contribution in [-0.4, -0.2) is 28.2 Å². The fourth-order valence-corrected chi connectivity index (χ4v) is 3.54. The van der Waals surface area contributed by atoms with Crippen LogP contribution in [0.2, 0.25) is 0 Å². The summed E-state index contributed by atoms with van der Waals surface area (Å²) < 4.78 is 0. The van der Waals surface area contributed by atoms with Gasteiger partial charge in [0.2, 0.25) is 5.91 Å². The maximum absolute atomic E-state index is 12.6. The van der Waals surface area contributed by atoms with E-state index in [1.54, 1.807) is 0 Å². The van der Waals surface area contributed by atoms with Crippen molar-refractivity contribution in [2.45, 2.75) is 32.7 Å². The molecule has 0 radical (unpaired) electrons. The van der Waals surface area contributed by atoms with Crippen LogP contribution in [0.25, 0.3) is 11.3 Å². The van der Waals surface area contributed by atoms with Gasteiger partial charge in [0.1, 0.15) is 0 Å². The number of aromatic nitrogens is 1. The number of amides is 2. The monoisotopic (exact) mass is 335 g/mol. The molecule has 0 atom stereocenters. The van der Waals surface area contributed by atoms with E-state index in [0.717, 1.165) is 40.2 Å². The number of pyridine rings is 1. The first-order valence-electron chi connectivity index (χ1n) is 8.68. The molecule has 2 amide bonds. The smallest absolute Gasteiger partial charge is 0.256 e. The first-order valence-corrected chi connectivity index (χ1v) is 8.68. The average Bonchev–Trinajstić information content (AvgIpc) is 3.31. The van der Waals surface area contributed by atoms with Crippen LogP contribution in [0.3, 0.4) is 0 Å². The Bertz CT molecular complexity index is 871. The van der Waals surface area contributed by atoms with Crippen LogP contribution in [0, 0.1) is 12.8 Å². The van der Waals surface area contributed by atoms with Gasteiger partial charge in [0, 0.05) is 18.7 Å². The van der Waals surface area contributed by atoms with Crippen LogP contribution in [0.15, 0.2) is 30.3 Å². The van der Waals surface area contributed by atoms with E-state index in [1.807, 2.05) is 42.2 Å². The maximum Gasteiger partial charge on any atom is 0.256 e. The highest BCUT2D eigenvalue weighted by Crippen LogP contribution is 2.34. The molecule has 0 saturated heterocycles. The second kappa shape index (κ2) is 5.99. The Morgan fingerprint density at radius 3 is 2.84 bits per heavy atom.